The van der Waals surface area contributed by atoms with Crippen LogP contribution < -0.4 is 5.32 Å². The van der Waals surface area contributed by atoms with Gasteiger partial charge in [-0.15, -0.1) is 12.4 Å². The van der Waals surface area contributed by atoms with Gasteiger partial charge in [0.2, 0.25) is 0 Å². The second kappa shape index (κ2) is 6.55. The maximum absolute atomic E-state index is 4.57. The molecule has 0 aromatic carbocycles. The summed E-state index contributed by atoms with van der Waals surface area (Å²) < 4.78 is 2.07. The van der Waals surface area contributed by atoms with E-state index < -0.39 is 0 Å². The highest BCUT2D eigenvalue weighted by molar-refractivity contribution is 5.85. The van der Waals surface area contributed by atoms with E-state index in [0.717, 1.165) is 26.2 Å². The van der Waals surface area contributed by atoms with Gasteiger partial charge in [-0.1, -0.05) is 0 Å². The summed E-state index contributed by atoms with van der Waals surface area (Å²) in [7, 11) is 0. The van der Waals surface area contributed by atoms with Crippen molar-refractivity contribution in [3.63, 3.8) is 0 Å². The summed E-state index contributed by atoms with van der Waals surface area (Å²) in [5, 5.41) is 8.04. The summed E-state index contributed by atoms with van der Waals surface area (Å²) in [6.45, 7) is 13.1. The third-order valence-corrected chi connectivity index (χ3v) is 3.39. The van der Waals surface area contributed by atoms with Crippen LogP contribution in [-0.4, -0.2) is 40.4 Å². The first-order valence-corrected chi connectivity index (χ1v) is 6.56. The predicted octanol–water partition coefficient (Wildman–Crippen LogP) is 1.99. The SMILES string of the molecule is Cc1nn(C(C)C)cc1CN1CCN[C@H](C)C1.Cl. The first kappa shape index (κ1) is 15.5. The molecule has 0 spiro atoms. The highest BCUT2D eigenvalue weighted by atomic mass is 35.5. The van der Waals surface area contributed by atoms with Crippen LogP contribution in [0.3, 0.4) is 0 Å². The monoisotopic (exact) mass is 272 g/mol. The molecule has 1 saturated heterocycles. The minimum absolute atomic E-state index is 0. The van der Waals surface area contributed by atoms with E-state index in [1.807, 2.05) is 0 Å². The Morgan fingerprint density at radius 1 is 1.50 bits per heavy atom. The van der Waals surface area contributed by atoms with Crippen molar-refractivity contribution in [2.24, 2.45) is 0 Å². The number of aryl methyl sites for hydroxylation is 1. The number of aromatic nitrogens is 2. The Balaban J connectivity index is 0.00000162. The highest BCUT2D eigenvalue weighted by Gasteiger charge is 2.17. The van der Waals surface area contributed by atoms with Gasteiger partial charge in [-0.25, -0.2) is 0 Å². The van der Waals surface area contributed by atoms with Gasteiger partial charge >= 0.3 is 0 Å². The first-order chi connectivity index (χ1) is 8.06. The standard InChI is InChI=1S/C13H24N4.ClH/c1-10(2)17-9-13(12(4)15-17)8-16-6-5-14-11(3)7-16;/h9-11,14H,5-8H2,1-4H3;1H/t11-;/m1./s1. The zero-order valence-corrected chi connectivity index (χ0v) is 12.6. The molecule has 1 aliphatic heterocycles. The number of nitrogens with zero attached hydrogens (tertiary/aromatic N) is 3. The second-order valence-electron chi connectivity index (χ2n) is 5.40. The van der Waals surface area contributed by atoms with Crippen LogP contribution in [0.15, 0.2) is 6.20 Å². The molecule has 18 heavy (non-hydrogen) atoms. The molecule has 0 bridgehead atoms. The Kier molecular flexibility index (Phi) is 5.63. The zero-order chi connectivity index (χ0) is 12.4. The molecule has 4 nitrogen and oxygen atoms in total. The number of rotatable bonds is 3. The molecule has 0 amide bonds. The van der Waals surface area contributed by atoms with E-state index in [9.17, 15) is 0 Å². The average Bonchev–Trinajstić information content (AvgIpc) is 2.61. The molecule has 0 saturated carbocycles. The van der Waals surface area contributed by atoms with Gasteiger partial charge in [0.15, 0.2) is 0 Å². The van der Waals surface area contributed by atoms with Gasteiger partial charge in [0.25, 0.3) is 0 Å². The molecular weight excluding hydrogens is 248 g/mol. The Bertz CT molecular complexity index is 375. The van der Waals surface area contributed by atoms with Crippen LogP contribution in [0.2, 0.25) is 0 Å². The van der Waals surface area contributed by atoms with E-state index in [2.05, 4.69) is 53.9 Å². The van der Waals surface area contributed by atoms with Crippen molar-refractivity contribution >= 4 is 12.4 Å². The van der Waals surface area contributed by atoms with Gasteiger partial charge < -0.3 is 5.32 Å². The zero-order valence-electron chi connectivity index (χ0n) is 11.8. The van der Waals surface area contributed by atoms with Crippen molar-refractivity contribution in [3.8, 4) is 0 Å². The van der Waals surface area contributed by atoms with E-state index >= 15 is 0 Å². The minimum Gasteiger partial charge on any atom is -0.312 e. The van der Waals surface area contributed by atoms with Crippen LogP contribution in [0, 0.1) is 6.92 Å². The molecule has 1 N–H and O–H groups in total. The summed E-state index contributed by atoms with van der Waals surface area (Å²) in [6.07, 6.45) is 2.20. The van der Waals surface area contributed by atoms with Crippen LogP contribution in [0.4, 0.5) is 0 Å². The highest BCUT2D eigenvalue weighted by Crippen LogP contribution is 2.14. The van der Waals surface area contributed by atoms with E-state index in [1.54, 1.807) is 0 Å². The Morgan fingerprint density at radius 2 is 2.22 bits per heavy atom. The van der Waals surface area contributed by atoms with Crippen LogP contribution in [-0.2, 0) is 6.54 Å². The molecular formula is C13H25ClN4. The van der Waals surface area contributed by atoms with E-state index in [-0.39, 0.29) is 12.4 Å². The molecule has 1 fully saturated rings. The maximum atomic E-state index is 4.57. The second-order valence-corrected chi connectivity index (χ2v) is 5.40. The number of piperazine rings is 1. The number of nitrogens with one attached hydrogen (secondary N) is 1. The van der Waals surface area contributed by atoms with E-state index in [1.165, 1.54) is 11.3 Å². The molecule has 5 heteroatoms. The summed E-state index contributed by atoms with van der Waals surface area (Å²) in [4.78, 5) is 2.51. The van der Waals surface area contributed by atoms with Gasteiger partial charge in [0, 0.05) is 50.0 Å². The molecule has 1 atom stereocenters. The fourth-order valence-corrected chi connectivity index (χ4v) is 2.34. The Labute approximate surface area is 116 Å². The summed E-state index contributed by atoms with van der Waals surface area (Å²) in [5.74, 6) is 0. The Morgan fingerprint density at radius 3 is 2.78 bits per heavy atom. The molecule has 1 aromatic heterocycles. The van der Waals surface area contributed by atoms with E-state index in [4.69, 9.17) is 0 Å². The van der Waals surface area contributed by atoms with Crippen LogP contribution in [0.5, 0.6) is 0 Å². The normalized spacial score (nSPS) is 21.1. The van der Waals surface area contributed by atoms with Gasteiger partial charge in [-0.05, 0) is 27.7 Å². The molecule has 0 aliphatic carbocycles. The van der Waals surface area contributed by atoms with Gasteiger partial charge in [-0.2, -0.15) is 5.10 Å². The van der Waals surface area contributed by atoms with Crippen molar-refractivity contribution in [1.29, 1.82) is 0 Å². The van der Waals surface area contributed by atoms with Gasteiger partial charge in [0.05, 0.1) is 5.69 Å². The van der Waals surface area contributed by atoms with E-state index in [0.29, 0.717) is 12.1 Å². The minimum atomic E-state index is 0. The lowest BCUT2D eigenvalue weighted by atomic mass is 10.2. The molecule has 0 unspecified atom stereocenters. The van der Waals surface area contributed by atoms with Crippen LogP contribution in [0.1, 0.15) is 38.1 Å². The molecule has 104 valence electrons. The van der Waals surface area contributed by atoms with Gasteiger partial charge in [0.1, 0.15) is 0 Å². The number of hydrogen-bond acceptors (Lipinski definition) is 3. The molecule has 0 radical (unpaired) electrons. The third kappa shape index (κ3) is 3.70. The lowest BCUT2D eigenvalue weighted by molar-refractivity contribution is 0.199. The summed E-state index contributed by atoms with van der Waals surface area (Å²) >= 11 is 0. The largest absolute Gasteiger partial charge is 0.312 e. The smallest absolute Gasteiger partial charge is 0.0638 e. The van der Waals surface area contributed by atoms with Crippen molar-refractivity contribution in [1.82, 2.24) is 20.0 Å². The first-order valence-electron chi connectivity index (χ1n) is 6.56. The molecule has 1 aliphatic rings. The van der Waals surface area contributed by atoms with Crippen molar-refractivity contribution in [2.75, 3.05) is 19.6 Å². The van der Waals surface area contributed by atoms with Gasteiger partial charge in [-0.3, -0.25) is 9.58 Å². The summed E-state index contributed by atoms with van der Waals surface area (Å²) in [5.41, 5.74) is 2.54. The molecule has 2 heterocycles. The number of halogens is 1. The fourth-order valence-electron chi connectivity index (χ4n) is 2.34. The topological polar surface area (TPSA) is 33.1 Å². The maximum Gasteiger partial charge on any atom is 0.0638 e. The lowest BCUT2D eigenvalue weighted by Gasteiger charge is -2.31. The predicted molar refractivity (Wildman–Crippen MR) is 77.3 cm³/mol. The third-order valence-electron chi connectivity index (χ3n) is 3.39. The quantitative estimate of drug-likeness (QED) is 0.914. The van der Waals surface area contributed by atoms with Crippen LogP contribution >= 0.6 is 12.4 Å². The number of hydrogen-bond donors (Lipinski definition) is 1. The average molecular weight is 273 g/mol. The summed E-state index contributed by atoms with van der Waals surface area (Å²) in [6, 6.07) is 1.05. The molecule has 1 aromatic rings. The van der Waals surface area contributed by atoms with Crippen molar-refractivity contribution in [3.05, 3.63) is 17.5 Å². The Hall–Kier alpha value is -0.580. The van der Waals surface area contributed by atoms with Crippen molar-refractivity contribution in [2.45, 2.75) is 46.3 Å². The molecule has 2 rings (SSSR count). The van der Waals surface area contributed by atoms with Crippen molar-refractivity contribution < 1.29 is 0 Å². The van der Waals surface area contributed by atoms with Crippen LogP contribution in [0.25, 0.3) is 0 Å². The fraction of sp³-hybridized carbons (Fsp3) is 0.769. The lowest BCUT2D eigenvalue weighted by Crippen LogP contribution is -2.48.